The van der Waals surface area contributed by atoms with Crippen molar-refractivity contribution in [2.75, 3.05) is 13.7 Å². The average Bonchev–Trinajstić information content (AvgIpc) is 2.60. The molecule has 3 fully saturated rings. The third kappa shape index (κ3) is 3.07. The van der Waals surface area contributed by atoms with Gasteiger partial charge < -0.3 is 15.0 Å². The Bertz CT molecular complexity index is 400. The summed E-state index contributed by atoms with van der Waals surface area (Å²) in [7, 11) is 1.72. The first-order valence-corrected chi connectivity index (χ1v) is 8.31. The first kappa shape index (κ1) is 14.8. The van der Waals surface area contributed by atoms with E-state index >= 15 is 0 Å². The first-order chi connectivity index (χ1) is 10.2. The monoisotopic (exact) mass is 294 g/mol. The smallest absolute Gasteiger partial charge is 0.245 e. The van der Waals surface area contributed by atoms with Crippen LogP contribution in [0.25, 0.3) is 0 Å². The summed E-state index contributed by atoms with van der Waals surface area (Å²) in [5.41, 5.74) is 0. The van der Waals surface area contributed by atoms with Crippen LogP contribution in [0.5, 0.6) is 0 Å². The summed E-state index contributed by atoms with van der Waals surface area (Å²) in [5.74, 6) is 0.505. The Morgan fingerprint density at radius 2 is 1.86 bits per heavy atom. The summed E-state index contributed by atoms with van der Waals surface area (Å²) in [6.07, 6.45) is 8.28. The van der Waals surface area contributed by atoms with Crippen molar-refractivity contribution in [3.8, 4) is 0 Å². The number of carbonyl (C=O) groups excluding carboxylic acids is 2. The molecule has 5 heteroatoms. The molecule has 0 spiro atoms. The fourth-order valence-corrected chi connectivity index (χ4v) is 3.95. The SMILES string of the molecule is COC1CC(N2CCC(=O)NC(C3CCCCC3)C2=O)C1. The molecule has 5 nitrogen and oxygen atoms in total. The fraction of sp³-hybridized carbons (Fsp3) is 0.875. The summed E-state index contributed by atoms with van der Waals surface area (Å²) in [4.78, 5) is 26.8. The molecule has 0 aromatic rings. The Labute approximate surface area is 126 Å². The second-order valence-electron chi connectivity index (χ2n) is 6.71. The largest absolute Gasteiger partial charge is 0.381 e. The van der Waals surface area contributed by atoms with Crippen molar-refractivity contribution in [3.63, 3.8) is 0 Å². The van der Waals surface area contributed by atoms with Gasteiger partial charge in [0.2, 0.25) is 11.8 Å². The number of nitrogens with one attached hydrogen (secondary N) is 1. The molecular weight excluding hydrogens is 268 g/mol. The van der Waals surface area contributed by atoms with Gasteiger partial charge >= 0.3 is 0 Å². The van der Waals surface area contributed by atoms with Crippen LogP contribution in [0, 0.1) is 5.92 Å². The van der Waals surface area contributed by atoms with Crippen molar-refractivity contribution in [2.24, 2.45) is 5.92 Å². The molecule has 1 saturated heterocycles. The number of carbonyl (C=O) groups is 2. The average molecular weight is 294 g/mol. The van der Waals surface area contributed by atoms with Crippen molar-refractivity contribution < 1.29 is 14.3 Å². The van der Waals surface area contributed by atoms with Crippen molar-refractivity contribution in [2.45, 2.75) is 69.6 Å². The van der Waals surface area contributed by atoms with E-state index < -0.39 is 0 Å². The van der Waals surface area contributed by atoms with E-state index in [1.54, 1.807) is 7.11 Å². The molecule has 0 bridgehead atoms. The predicted octanol–water partition coefficient (Wildman–Crippen LogP) is 1.46. The van der Waals surface area contributed by atoms with Crippen molar-refractivity contribution >= 4 is 11.8 Å². The summed E-state index contributed by atoms with van der Waals surface area (Å²) < 4.78 is 5.32. The molecule has 1 aliphatic heterocycles. The van der Waals surface area contributed by atoms with E-state index in [-0.39, 0.29) is 30.0 Å². The minimum absolute atomic E-state index is 0.0315. The Kier molecular flexibility index (Phi) is 4.48. The Morgan fingerprint density at radius 3 is 2.52 bits per heavy atom. The molecular formula is C16H26N2O3. The molecule has 3 rings (SSSR count). The van der Waals surface area contributed by atoms with Gasteiger partial charge in [0.05, 0.1) is 6.10 Å². The van der Waals surface area contributed by atoms with Gasteiger partial charge in [-0.2, -0.15) is 0 Å². The van der Waals surface area contributed by atoms with Crippen molar-refractivity contribution in [3.05, 3.63) is 0 Å². The van der Waals surface area contributed by atoms with Gasteiger partial charge in [-0.1, -0.05) is 19.3 Å². The van der Waals surface area contributed by atoms with Crippen LogP contribution in [-0.2, 0) is 14.3 Å². The molecule has 0 aromatic heterocycles. The van der Waals surface area contributed by atoms with Gasteiger partial charge in [0, 0.05) is 26.1 Å². The summed E-state index contributed by atoms with van der Waals surface area (Å²) in [5, 5.41) is 3.00. The van der Waals surface area contributed by atoms with E-state index in [1.807, 2.05) is 4.90 Å². The molecule has 2 amide bonds. The second-order valence-corrected chi connectivity index (χ2v) is 6.71. The van der Waals surface area contributed by atoms with Gasteiger partial charge in [-0.15, -0.1) is 0 Å². The third-order valence-electron chi connectivity index (χ3n) is 5.41. The lowest BCUT2D eigenvalue weighted by molar-refractivity contribution is -0.142. The highest BCUT2D eigenvalue weighted by Crippen LogP contribution is 2.32. The normalized spacial score (nSPS) is 35.1. The highest BCUT2D eigenvalue weighted by atomic mass is 16.5. The minimum Gasteiger partial charge on any atom is -0.381 e. The molecule has 0 radical (unpaired) electrons. The number of rotatable bonds is 3. The van der Waals surface area contributed by atoms with Crippen LogP contribution in [-0.4, -0.2) is 48.6 Å². The van der Waals surface area contributed by atoms with E-state index in [0.717, 1.165) is 25.7 Å². The zero-order valence-corrected chi connectivity index (χ0v) is 12.8. The second kappa shape index (κ2) is 6.34. The molecule has 1 heterocycles. The number of methoxy groups -OCH3 is 1. The van der Waals surface area contributed by atoms with Crippen molar-refractivity contribution in [1.29, 1.82) is 0 Å². The highest BCUT2D eigenvalue weighted by Gasteiger charge is 2.42. The lowest BCUT2D eigenvalue weighted by Crippen LogP contribution is -2.56. The number of ether oxygens (including phenoxy) is 1. The van der Waals surface area contributed by atoms with E-state index in [2.05, 4.69) is 5.32 Å². The Morgan fingerprint density at radius 1 is 1.14 bits per heavy atom. The predicted molar refractivity (Wildman–Crippen MR) is 78.7 cm³/mol. The van der Waals surface area contributed by atoms with Gasteiger partial charge in [0.15, 0.2) is 0 Å². The lowest BCUT2D eigenvalue weighted by atomic mass is 9.82. The maximum absolute atomic E-state index is 12.9. The lowest BCUT2D eigenvalue weighted by Gasteiger charge is -2.43. The zero-order valence-electron chi connectivity index (χ0n) is 12.8. The van der Waals surface area contributed by atoms with Gasteiger partial charge in [0.1, 0.15) is 6.04 Å². The minimum atomic E-state index is -0.290. The van der Waals surface area contributed by atoms with Gasteiger partial charge in [-0.25, -0.2) is 0 Å². The van der Waals surface area contributed by atoms with Gasteiger partial charge in [0.25, 0.3) is 0 Å². The number of hydrogen-bond acceptors (Lipinski definition) is 3. The number of amides is 2. The van der Waals surface area contributed by atoms with Crippen LogP contribution in [0.2, 0.25) is 0 Å². The van der Waals surface area contributed by atoms with Crippen LogP contribution < -0.4 is 5.32 Å². The Hall–Kier alpha value is -1.10. The maximum atomic E-state index is 12.9. The summed E-state index contributed by atoms with van der Waals surface area (Å²) in [6, 6.07) is -0.0249. The standard InChI is InChI=1S/C16H26N2O3/c1-21-13-9-12(10-13)18-8-7-14(19)17-15(16(18)20)11-5-3-2-4-6-11/h11-13,15H,2-10H2,1H3,(H,17,19). The molecule has 3 aliphatic rings. The van der Waals surface area contributed by atoms with E-state index in [0.29, 0.717) is 18.9 Å². The fourth-order valence-electron chi connectivity index (χ4n) is 3.95. The van der Waals surface area contributed by atoms with Crippen LogP contribution in [0.4, 0.5) is 0 Å². The highest BCUT2D eigenvalue weighted by molar-refractivity contribution is 5.90. The van der Waals surface area contributed by atoms with Crippen LogP contribution >= 0.6 is 0 Å². The molecule has 21 heavy (non-hydrogen) atoms. The maximum Gasteiger partial charge on any atom is 0.245 e. The van der Waals surface area contributed by atoms with Gasteiger partial charge in [-0.05, 0) is 31.6 Å². The molecule has 0 aromatic carbocycles. The van der Waals surface area contributed by atoms with Gasteiger partial charge in [-0.3, -0.25) is 9.59 Å². The Balaban J connectivity index is 1.69. The summed E-state index contributed by atoms with van der Waals surface area (Å²) in [6.45, 7) is 0.564. The quantitative estimate of drug-likeness (QED) is 0.857. The molecule has 1 unspecified atom stereocenters. The molecule has 118 valence electrons. The number of nitrogens with zero attached hydrogens (tertiary/aromatic N) is 1. The third-order valence-corrected chi connectivity index (χ3v) is 5.41. The number of hydrogen-bond donors (Lipinski definition) is 1. The van der Waals surface area contributed by atoms with Crippen LogP contribution in [0.1, 0.15) is 51.4 Å². The van der Waals surface area contributed by atoms with Crippen LogP contribution in [0.3, 0.4) is 0 Å². The topological polar surface area (TPSA) is 58.6 Å². The molecule has 1 N–H and O–H groups in total. The molecule has 1 atom stereocenters. The molecule has 2 aliphatic carbocycles. The first-order valence-electron chi connectivity index (χ1n) is 8.31. The zero-order chi connectivity index (χ0) is 14.8. The van der Waals surface area contributed by atoms with Crippen molar-refractivity contribution in [1.82, 2.24) is 10.2 Å². The van der Waals surface area contributed by atoms with E-state index in [9.17, 15) is 9.59 Å². The summed E-state index contributed by atoms with van der Waals surface area (Å²) >= 11 is 0. The molecule has 2 saturated carbocycles. The van der Waals surface area contributed by atoms with Crippen LogP contribution in [0.15, 0.2) is 0 Å². The van der Waals surface area contributed by atoms with E-state index in [1.165, 1.54) is 19.3 Å². The van der Waals surface area contributed by atoms with E-state index in [4.69, 9.17) is 4.74 Å².